The highest BCUT2D eigenvalue weighted by Gasteiger charge is 2.20. The molecule has 0 amide bonds. The van der Waals surface area contributed by atoms with Crippen LogP contribution in [0.5, 0.6) is 11.5 Å². The quantitative estimate of drug-likeness (QED) is 0.729. The highest BCUT2D eigenvalue weighted by Crippen LogP contribution is 2.31. The van der Waals surface area contributed by atoms with Crippen molar-refractivity contribution in [3.63, 3.8) is 0 Å². The summed E-state index contributed by atoms with van der Waals surface area (Å²) in [5.41, 5.74) is 0.747. The van der Waals surface area contributed by atoms with E-state index < -0.39 is 0 Å². The third-order valence-corrected chi connectivity index (χ3v) is 3.80. The Bertz CT molecular complexity index is 454. The first-order valence-corrected chi connectivity index (χ1v) is 7.70. The molecule has 3 nitrogen and oxygen atoms in total. The molecule has 3 heteroatoms. The molecule has 1 atom stereocenters. The van der Waals surface area contributed by atoms with Gasteiger partial charge in [0.05, 0.1) is 13.2 Å². The highest BCUT2D eigenvalue weighted by atomic mass is 16.5. The zero-order valence-electron chi connectivity index (χ0n) is 12.5. The lowest BCUT2D eigenvalue weighted by Crippen LogP contribution is -2.14. The lowest BCUT2D eigenvalue weighted by Gasteiger charge is -2.14. The highest BCUT2D eigenvalue weighted by molar-refractivity contribution is 5.98. The molecule has 1 aromatic carbocycles. The van der Waals surface area contributed by atoms with Crippen LogP contribution in [0.25, 0.3) is 0 Å². The van der Waals surface area contributed by atoms with Gasteiger partial charge in [-0.1, -0.05) is 26.7 Å². The van der Waals surface area contributed by atoms with E-state index in [1.54, 1.807) is 0 Å². The van der Waals surface area contributed by atoms with Gasteiger partial charge in [0.15, 0.2) is 17.3 Å². The molecular formula is C17H24O3. The summed E-state index contributed by atoms with van der Waals surface area (Å²) in [5, 5.41) is 0. The van der Waals surface area contributed by atoms with Crippen molar-refractivity contribution in [3.05, 3.63) is 23.8 Å². The fourth-order valence-corrected chi connectivity index (χ4v) is 2.52. The number of unbranched alkanes of at least 4 members (excludes halogenated alkanes) is 1. The van der Waals surface area contributed by atoms with Crippen molar-refractivity contribution in [1.29, 1.82) is 0 Å². The Labute approximate surface area is 121 Å². The van der Waals surface area contributed by atoms with Gasteiger partial charge < -0.3 is 9.47 Å². The maximum Gasteiger partial charge on any atom is 0.166 e. The molecule has 0 saturated carbocycles. The van der Waals surface area contributed by atoms with E-state index in [9.17, 15) is 4.79 Å². The van der Waals surface area contributed by atoms with Crippen LogP contribution >= 0.6 is 0 Å². The summed E-state index contributed by atoms with van der Waals surface area (Å²) >= 11 is 0. The molecule has 0 radical (unpaired) electrons. The minimum Gasteiger partial charge on any atom is -0.490 e. The summed E-state index contributed by atoms with van der Waals surface area (Å²) in [6, 6.07) is 5.57. The van der Waals surface area contributed by atoms with Crippen LogP contribution in [-0.4, -0.2) is 19.0 Å². The second-order valence-corrected chi connectivity index (χ2v) is 5.32. The van der Waals surface area contributed by atoms with E-state index >= 15 is 0 Å². The normalized spacial score (nSPS) is 15.5. The lowest BCUT2D eigenvalue weighted by atomic mass is 9.90. The van der Waals surface area contributed by atoms with Crippen molar-refractivity contribution in [3.8, 4) is 11.5 Å². The summed E-state index contributed by atoms with van der Waals surface area (Å²) in [6.45, 7) is 5.57. The molecule has 0 fully saturated rings. The number of benzene rings is 1. The topological polar surface area (TPSA) is 35.5 Å². The summed E-state index contributed by atoms with van der Waals surface area (Å²) in [5.74, 6) is 1.82. The average molecular weight is 276 g/mol. The standard InChI is InChI=1S/C17H24O3/c1-3-5-7-13(4-2)17(18)14-8-9-15-16(12-14)20-11-6-10-19-15/h8-9,12-13H,3-7,10-11H2,1-2H3. The largest absolute Gasteiger partial charge is 0.490 e. The van der Waals surface area contributed by atoms with Gasteiger partial charge in [-0.15, -0.1) is 0 Å². The summed E-state index contributed by atoms with van der Waals surface area (Å²) in [6.07, 6.45) is 4.99. The number of carbonyl (C=O) groups excluding carboxylic acids is 1. The third-order valence-electron chi connectivity index (χ3n) is 3.80. The Balaban J connectivity index is 2.15. The fraction of sp³-hybridized carbons (Fsp3) is 0.588. The number of hydrogen-bond acceptors (Lipinski definition) is 3. The number of rotatable bonds is 6. The molecule has 2 rings (SSSR count). The van der Waals surface area contributed by atoms with E-state index in [0.717, 1.165) is 43.4 Å². The Hall–Kier alpha value is -1.51. The van der Waals surface area contributed by atoms with Gasteiger partial charge in [-0.25, -0.2) is 0 Å². The van der Waals surface area contributed by atoms with E-state index in [-0.39, 0.29) is 11.7 Å². The van der Waals surface area contributed by atoms with Gasteiger partial charge in [0, 0.05) is 17.9 Å². The van der Waals surface area contributed by atoms with Gasteiger partial charge >= 0.3 is 0 Å². The number of ether oxygens (including phenoxy) is 2. The number of Topliss-reactive ketones (excluding diaryl/α,β-unsaturated/α-hetero) is 1. The van der Waals surface area contributed by atoms with E-state index in [1.807, 2.05) is 18.2 Å². The van der Waals surface area contributed by atoms with E-state index in [0.29, 0.717) is 19.0 Å². The SMILES string of the molecule is CCCCC(CC)C(=O)c1ccc2c(c1)OCCCO2. The number of carbonyl (C=O) groups is 1. The van der Waals surface area contributed by atoms with Crippen LogP contribution in [0.15, 0.2) is 18.2 Å². The molecule has 0 aliphatic carbocycles. The van der Waals surface area contributed by atoms with Gasteiger partial charge in [-0.2, -0.15) is 0 Å². The Morgan fingerprint density at radius 3 is 2.65 bits per heavy atom. The van der Waals surface area contributed by atoms with Gasteiger partial charge in [0.2, 0.25) is 0 Å². The number of hydrogen-bond donors (Lipinski definition) is 0. The van der Waals surface area contributed by atoms with E-state index in [4.69, 9.17) is 9.47 Å². The monoisotopic (exact) mass is 276 g/mol. The Kier molecular flexibility index (Phi) is 5.45. The van der Waals surface area contributed by atoms with Crippen LogP contribution < -0.4 is 9.47 Å². The van der Waals surface area contributed by atoms with Crippen molar-refractivity contribution in [1.82, 2.24) is 0 Å². The van der Waals surface area contributed by atoms with Crippen molar-refractivity contribution in [2.45, 2.75) is 46.0 Å². The smallest absolute Gasteiger partial charge is 0.166 e. The zero-order chi connectivity index (χ0) is 14.4. The summed E-state index contributed by atoms with van der Waals surface area (Å²) in [7, 11) is 0. The van der Waals surface area contributed by atoms with Crippen molar-refractivity contribution in [2.24, 2.45) is 5.92 Å². The predicted octanol–water partition coefficient (Wildman–Crippen LogP) is 4.25. The molecule has 1 unspecified atom stereocenters. The van der Waals surface area contributed by atoms with Crippen molar-refractivity contribution in [2.75, 3.05) is 13.2 Å². The second kappa shape index (κ2) is 7.32. The van der Waals surface area contributed by atoms with Gasteiger partial charge in [-0.3, -0.25) is 4.79 Å². The lowest BCUT2D eigenvalue weighted by molar-refractivity contribution is 0.0907. The molecule has 0 N–H and O–H groups in total. The molecule has 1 aromatic rings. The van der Waals surface area contributed by atoms with Crippen molar-refractivity contribution >= 4 is 5.78 Å². The third kappa shape index (κ3) is 3.53. The Morgan fingerprint density at radius 1 is 1.20 bits per heavy atom. The summed E-state index contributed by atoms with van der Waals surface area (Å²) in [4.78, 5) is 12.6. The molecule has 0 aromatic heterocycles. The van der Waals surface area contributed by atoms with E-state index in [2.05, 4.69) is 13.8 Å². The first-order chi connectivity index (χ1) is 9.76. The molecule has 1 aliphatic heterocycles. The molecule has 20 heavy (non-hydrogen) atoms. The average Bonchev–Trinajstić information content (AvgIpc) is 2.72. The Morgan fingerprint density at radius 2 is 1.95 bits per heavy atom. The first-order valence-electron chi connectivity index (χ1n) is 7.70. The molecule has 0 bridgehead atoms. The predicted molar refractivity (Wildman–Crippen MR) is 79.7 cm³/mol. The number of fused-ring (bicyclic) bond motifs is 1. The number of ketones is 1. The zero-order valence-corrected chi connectivity index (χ0v) is 12.5. The van der Waals surface area contributed by atoms with Crippen molar-refractivity contribution < 1.29 is 14.3 Å². The molecular weight excluding hydrogens is 252 g/mol. The second-order valence-electron chi connectivity index (χ2n) is 5.32. The minimum absolute atomic E-state index is 0.125. The van der Waals surface area contributed by atoms with Crippen LogP contribution in [0, 0.1) is 5.92 Å². The summed E-state index contributed by atoms with van der Waals surface area (Å²) < 4.78 is 11.3. The van der Waals surface area contributed by atoms with Crippen LogP contribution in [0.1, 0.15) is 56.3 Å². The molecule has 1 heterocycles. The van der Waals surface area contributed by atoms with E-state index in [1.165, 1.54) is 0 Å². The minimum atomic E-state index is 0.125. The maximum absolute atomic E-state index is 12.6. The molecule has 110 valence electrons. The maximum atomic E-state index is 12.6. The fourth-order valence-electron chi connectivity index (χ4n) is 2.52. The first kappa shape index (κ1) is 14.9. The molecule has 1 aliphatic rings. The van der Waals surface area contributed by atoms with Gasteiger partial charge in [0.1, 0.15) is 0 Å². The molecule has 0 spiro atoms. The van der Waals surface area contributed by atoms with Gasteiger partial charge in [-0.05, 0) is 31.0 Å². The van der Waals surface area contributed by atoms with Crippen LogP contribution in [-0.2, 0) is 0 Å². The molecule has 0 saturated heterocycles. The van der Waals surface area contributed by atoms with Gasteiger partial charge in [0.25, 0.3) is 0 Å². The van der Waals surface area contributed by atoms with Crippen LogP contribution in [0.4, 0.5) is 0 Å². The van der Waals surface area contributed by atoms with Crippen LogP contribution in [0.3, 0.4) is 0 Å². The van der Waals surface area contributed by atoms with Crippen LogP contribution in [0.2, 0.25) is 0 Å².